The molecule has 0 bridgehead atoms. The molecule has 0 radical (unpaired) electrons. The summed E-state index contributed by atoms with van der Waals surface area (Å²) in [5.74, 6) is 0.0332. The molecule has 1 aliphatic heterocycles. The van der Waals surface area contributed by atoms with Gasteiger partial charge in [0.15, 0.2) is 0 Å². The minimum atomic E-state index is 0.0332. The monoisotopic (exact) mass is 305 g/mol. The number of carbonyl (C=O) groups excluding carboxylic acids is 1. The highest BCUT2D eigenvalue weighted by Gasteiger charge is 2.14. The fourth-order valence-corrected chi connectivity index (χ4v) is 2.74. The van der Waals surface area contributed by atoms with Gasteiger partial charge >= 0.3 is 0 Å². The number of nitrogens with one attached hydrogen (secondary N) is 1. The first kappa shape index (κ1) is 16.8. The lowest BCUT2D eigenvalue weighted by atomic mass is 10.2. The Hall–Kier alpha value is -1.59. The van der Waals surface area contributed by atoms with Gasteiger partial charge in [-0.25, -0.2) is 0 Å². The average Bonchev–Trinajstić information content (AvgIpc) is 2.50. The van der Waals surface area contributed by atoms with E-state index in [1.165, 1.54) is 5.69 Å². The van der Waals surface area contributed by atoms with E-state index in [2.05, 4.69) is 48.0 Å². The molecule has 0 aliphatic carbocycles. The fourth-order valence-electron chi connectivity index (χ4n) is 2.74. The zero-order valence-corrected chi connectivity index (χ0v) is 13.8. The summed E-state index contributed by atoms with van der Waals surface area (Å²) in [6, 6.07) is 8.53. The maximum absolute atomic E-state index is 12.1. The molecule has 1 aliphatic rings. The molecule has 0 aromatic heterocycles. The summed E-state index contributed by atoms with van der Waals surface area (Å²) < 4.78 is 5.29. The topological polar surface area (TPSA) is 44.8 Å². The zero-order chi connectivity index (χ0) is 15.9. The van der Waals surface area contributed by atoms with E-state index in [1.54, 1.807) is 0 Å². The SMILES string of the molecule is CCN(c1ccc(NC(=O)CN2CCOCC2)cc1)C(C)C. The highest BCUT2D eigenvalue weighted by Crippen LogP contribution is 2.19. The van der Waals surface area contributed by atoms with Gasteiger partial charge in [0.25, 0.3) is 0 Å². The van der Waals surface area contributed by atoms with Crippen molar-refractivity contribution >= 4 is 17.3 Å². The molecule has 1 aromatic rings. The molecule has 0 saturated carbocycles. The Kier molecular flexibility index (Phi) is 6.21. The molecule has 1 saturated heterocycles. The van der Waals surface area contributed by atoms with Crippen LogP contribution < -0.4 is 10.2 Å². The van der Waals surface area contributed by atoms with Crippen LogP contribution in [0.1, 0.15) is 20.8 Å². The van der Waals surface area contributed by atoms with Crippen LogP contribution in [0.3, 0.4) is 0 Å². The Morgan fingerprint density at radius 3 is 2.45 bits per heavy atom. The van der Waals surface area contributed by atoms with Crippen LogP contribution >= 0.6 is 0 Å². The van der Waals surface area contributed by atoms with Crippen molar-refractivity contribution in [2.75, 3.05) is 49.6 Å². The quantitative estimate of drug-likeness (QED) is 0.875. The molecule has 122 valence electrons. The summed E-state index contributed by atoms with van der Waals surface area (Å²) >= 11 is 0. The van der Waals surface area contributed by atoms with Crippen LogP contribution in [0.25, 0.3) is 0 Å². The summed E-state index contributed by atoms with van der Waals surface area (Å²) in [7, 11) is 0. The van der Waals surface area contributed by atoms with E-state index in [1.807, 2.05) is 12.1 Å². The van der Waals surface area contributed by atoms with E-state index < -0.39 is 0 Å². The summed E-state index contributed by atoms with van der Waals surface area (Å²) in [5.41, 5.74) is 2.03. The molecule has 5 heteroatoms. The number of nitrogens with zero attached hydrogens (tertiary/aromatic N) is 2. The molecule has 1 N–H and O–H groups in total. The number of amides is 1. The summed E-state index contributed by atoms with van der Waals surface area (Å²) in [6.07, 6.45) is 0. The predicted molar refractivity (Wildman–Crippen MR) is 90.5 cm³/mol. The van der Waals surface area contributed by atoms with Crippen LogP contribution in [0, 0.1) is 0 Å². The lowest BCUT2D eigenvalue weighted by Gasteiger charge is -2.28. The number of benzene rings is 1. The van der Waals surface area contributed by atoms with Gasteiger partial charge in [-0.05, 0) is 45.0 Å². The highest BCUT2D eigenvalue weighted by molar-refractivity contribution is 5.92. The first-order valence-electron chi connectivity index (χ1n) is 8.06. The lowest BCUT2D eigenvalue weighted by Crippen LogP contribution is -2.41. The van der Waals surface area contributed by atoms with Crippen molar-refractivity contribution in [1.82, 2.24) is 4.90 Å². The largest absolute Gasteiger partial charge is 0.379 e. The zero-order valence-electron chi connectivity index (χ0n) is 13.8. The smallest absolute Gasteiger partial charge is 0.238 e. The minimum absolute atomic E-state index is 0.0332. The van der Waals surface area contributed by atoms with E-state index >= 15 is 0 Å². The Labute approximate surface area is 133 Å². The molecule has 22 heavy (non-hydrogen) atoms. The summed E-state index contributed by atoms with van der Waals surface area (Å²) in [4.78, 5) is 16.5. The lowest BCUT2D eigenvalue weighted by molar-refractivity contribution is -0.118. The molecule has 2 rings (SSSR count). The maximum Gasteiger partial charge on any atom is 0.238 e. The normalized spacial score (nSPS) is 15.8. The number of hydrogen-bond donors (Lipinski definition) is 1. The van der Waals surface area contributed by atoms with Crippen molar-refractivity contribution < 1.29 is 9.53 Å². The van der Waals surface area contributed by atoms with E-state index in [0.717, 1.165) is 25.3 Å². The second-order valence-electron chi connectivity index (χ2n) is 5.86. The van der Waals surface area contributed by atoms with Gasteiger partial charge in [-0.2, -0.15) is 0 Å². The molecule has 1 fully saturated rings. The van der Waals surface area contributed by atoms with Crippen molar-refractivity contribution in [2.45, 2.75) is 26.8 Å². The van der Waals surface area contributed by atoms with Gasteiger partial charge in [0.1, 0.15) is 0 Å². The van der Waals surface area contributed by atoms with Crippen molar-refractivity contribution in [3.63, 3.8) is 0 Å². The van der Waals surface area contributed by atoms with E-state index in [9.17, 15) is 4.79 Å². The minimum Gasteiger partial charge on any atom is -0.379 e. The number of hydrogen-bond acceptors (Lipinski definition) is 4. The molecule has 1 aromatic carbocycles. The summed E-state index contributed by atoms with van der Waals surface area (Å²) in [5, 5.41) is 2.96. The standard InChI is InChI=1S/C17H27N3O2/c1-4-20(14(2)3)16-7-5-15(6-8-16)18-17(21)13-19-9-11-22-12-10-19/h5-8,14H,4,9-13H2,1-3H3,(H,18,21). The molecular weight excluding hydrogens is 278 g/mol. The maximum atomic E-state index is 12.1. The number of morpholine rings is 1. The first-order valence-corrected chi connectivity index (χ1v) is 8.06. The second-order valence-corrected chi connectivity index (χ2v) is 5.86. The van der Waals surface area contributed by atoms with Gasteiger partial charge in [0.2, 0.25) is 5.91 Å². The van der Waals surface area contributed by atoms with Gasteiger partial charge in [-0.3, -0.25) is 9.69 Å². The van der Waals surface area contributed by atoms with Crippen LogP contribution in [0.15, 0.2) is 24.3 Å². The van der Waals surface area contributed by atoms with Crippen LogP contribution in [0.4, 0.5) is 11.4 Å². The van der Waals surface area contributed by atoms with Crippen molar-refractivity contribution in [3.8, 4) is 0 Å². The molecule has 0 spiro atoms. The van der Waals surface area contributed by atoms with Crippen LogP contribution in [-0.4, -0.2) is 56.2 Å². The molecule has 0 atom stereocenters. The molecular formula is C17H27N3O2. The van der Waals surface area contributed by atoms with Crippen molar-refractivity contribution in [2.24, 2.45) is 0 Å². The average molecular weight is 305 g/mol. The van der Waals surface area contributed by atoms with E-state index in [4.69, 9.17) is 4.74 Å². The van der Waals surface area contributed by atoms with E-state index in [-0.39, 0.29) is 5.91 Å². The first-order chi connectivity index (χ1) is 10.6. The van der Waals surface area contributed by atoms with Gasteiger partial charge in [-0.1, -0.05) is 0 Å². The molecule has 1 amide bonds. The van der Waals surface area contributed by atoms with Crippen LogP contribution in [0.5, 0.6) is 0 Å². The van der Waals surface area contributed by atoms with Gasteiger partial charge in [-0.15, -0.1) is 0 Å². The Balaban J connectivity index is 1.88. The number of carbonyl (C=O) groups is 1. The Bertz CT molecular complexity index is 467. The van der Waals surface area contributed by atoms with Gasteiger partial charge < -0.3 is 15.0 Å². The molecule has 1 heterocycles. The highest BCUT2D eigenvalue weighted by atomic mass is 16.5. The Morgan fingerprint density at radius 2 is 1.91 bits per heavy atom. The fraction of sp³-hybridized carbons (Fsp3) is 0.588. The second kappa shape index (κ2) is 8.15. The number of anilines is 2. The van der Waals surface area contributed by atoms with Crippen molar-refractivity contribution in [1.29, 1.82) is 0 Å². The van der Waals surface area contributed by atoms with E-state index in [0.29, 0.717) is 25.8 Å². The third kappa shape index (κ3) is 4.71. The van der Waals surface area contributed by atoms with Gasteiger partial charge in [0.05, 0.1) is 19.8 Å². The molecule has 0 unspecified atom stereocenters. The Morgan fingerprint density at radius 1 is 1.27 bits per heavy atom. The number of rotatable bonds is 6. The predicted octanol–water partition coefficient (Wildman–Crippen LogP) is 2.19. The third-order valence-electron chi connectivity index (χ3n) is 3.92. The number of ether oxygens (including phenoxy) is 1. The van der Waals surface area contributed by atoms with Crippen LogP contribution in [0.2, 0.25) is 0 Å². The van der Waals surface area contributed by atoms with Crippen molar-refractivity contribution in [3.05, 3.63) is 24.3 Å². The molecule has 5 nitrogen and oxygen atoms in total. The summed E-state index contributed by atoms with van der Waals surface area (Å²) in [6.45, 7) is 11.0. The third-order valence-corrected chi connectivity index (χ3v) is 3.92. The van der Waals surface area contributed by atoms with Crippen LogP contribution in [-0.2, 0) is 9.53 Å². The van der Waals surface area contributed by atoms with Gasteiger partial charge in [0, 0.05) is 37.1 Å².